The molecule has 0 heterocycles. The lowest BCUT2D eigenvalue weighted by Crippen LogP contribution is -2.46. The molecule has 0 saturated heterocycles. The number of hydrogen-bond acceptors (Lipinski definition) is 2. The van der Waals surface area contributed by atoms with Crippen LogP contribution in [0.5, 0.6) is 0 Å². The van der Waals surface area contributed by atoms with Gasteiger partial charge in [0.15, 0.2) is 5.96 Å². The Morgan fingerprint density at radius 2 is 2.16 bits per heavy atom. The van der Waals surface area contributed by atoms with Crippen LogP contribution >= 0.6 is 39.9 Å². The Bertz CT molecular complexity index is 612. The lowest BCUT2D eigenvalue weighted by molar-refractivity contribution is 0.413. The topological polar surface area (TPSA) is 53.5 Å². The van der Waals surface area contributed by atoms with Gasteiger partial charge in [-0.1, -0.05) is 35.3 Å². The van der Waals surface area contributed by atoms with Crippen LogP contribution in [-0.4, -0.2) is 34.3 Å². The highest BCUT2D eigenvalue weighted by Crippen LogP contribution is 2.23. The smallest absolute Gasteiger partial charge is 0.191 e. The number of benzene rings is 1. The van der Waals surface area contributed by atoms with Gasteiger partial charge in [0.2, 0.25) is 0 Å². The SMILES string of the molecule is CCS(=O)C1CCCC(NC(=NC)NCc2ccc(Br)cc2C)C1.I. The summed E-state index contributed by atoms with van der Waals surface area (Å²) in [6.07, 6.45) is 4.31. The zero-order valence-electron chi connectivity index (χ0n) is 15.2. The quantitative estimate of drug-likeness (QED) is 0.335. The van der Waals surface area contributed by atoms with Crippen LogP contribution in [-0.2, 0) is 17.3 Å². The lowest BCUT2D eigenvalue weighted by atomic mass is 9.95. The average Bonchev–Trinajstić information content (AvgIpc) is 2.59. The maximum absolute atomic E-state index is 12.1. The Balaban J connectivity index is 0.00000312. The summed E-state index contributed by atoms with van der Waals surface area (Å²) >= 11 is 3.50. The van der Waals surface area contributed by atoms with E-state index >= 15 is 0 Å². The van der Waals surface area contributed by atoms with Crippen LogP contribution in [0.2, 0.25) is 0 Å². The molecule has 2 N–H and O–H groups in total. The number of aliphatic imine (C=N–C) groups is 1. The number of hydrogen-bond donors (Lipinski definition) is 2. The fourth-order valence-corrected chi connectivity index (χ4v) is 5.00. The van der Waals surface area contributed by atoms with Crippen molar-refractivity contribution in [1.82, 2.24) is 10.6 Å². The van der Waals surface area contributed by atoms with E-state index in [2.05, 4.69) is 56.7 Å². The minimum absolute atomic E-state index is 0. The molecular formula is C18H29BrIN3OS. The molecule has 1 aliphatic carbocycles. The van der Waals surface area contributed by atoms with Crippen LogP contribution < -0.4 is 10.6 Å². The van der Waals surface area contributed by atoms with Crippen LogP contribution in [0, 0.1) is 6.92 Å². The molecule has 1 fully saturated rings. The summed E-state index contributed by atoms with van der Waals surface area (Å²) in [5.41, 5.74) is 2.51. The third-order valence-corrected chi connectivity index (χ3v) is 6.83. The second-order valence-corrected chi connectivity index (χ2v) is 9.22. The van der Waals surface area contributed by atoms with Crippen molar-refractivity contribution in [3.05, 3.63) is 33.8 Å². The van der Waals surface area contributed by atoms with Crippen molar-refractivity contribution in [3.63, 3.8) is 0 Å². The number of halogens is 2. The Labute approximate surface area is 179 Å². The van der Waals surface area contributed by atoms with Gasteiger partial charge in [-0.05, 0) is 49.4 Å². The van der Waals surface area contributed by atoms with Crippen molar-refractivity contribution in [3.8, 4) is 0 Å². The summed E-state index contributed by atoms with van der Waals surface area (Å²) in [4.78, 5) is 4.34. The molecule has 4 nitrogen and oxygen atoms in total. The summed E-state index contributed by atoms with van der Waals surface area (Å²) in [7, 11) is 1.11. The molecule has 1 aromatic carbocycles. The molecule has 1 aliphatic rings. The van der Waals surface area contributed by atoms with E-state index in [0.717, 1.165) is 48.4 Å². The summed E-state index contributed by atoms with van der Waals surface area (Å²) in [5.74, 6) is 1.58. The van der Waals surface area contributed by atoms with Crippen molar-refractivity contribution in [2.45, 2.75) is 57.4 Å². The number of guanidine groups is 1. The van der Waals surface area contributed by atoms with E-state index in [1.54, 1.807) is 7.05 Å². The maximum atomic E-state index is 12.1. The lowest BCUT2D eigenvalue weighted by Gasteiger charge is -2.30. The van der Waals surface area contributed by atoms with Crippen molar-refractivity contribution >= 4 is 56.7 Å². The van der Waals surface area contributed by atoms with Crippen molar-refractivity contribution in [2.75, 3.05) is 12.8 Å². The third kappa shape index (κ3) is 7.17. The van der Waals surface area contributed by atoms with Gasteiger partial charge in [0.1, 0.15) is 0 Å². The zero-order chi connectivity index (χ0) is 17.5. The molecule has 1 saturated carbocycles. The van der Waals surface area contributed by atoms with E-state index in [1.807, 2.05) is 6.92 Å². The number of rotatable bonds is 5. The standard InChI is InChI=1S/C18H28BrN3OS.HI/c1-4-24(23)17-7-5-6-16(11-17)22-18(20-3)21-12-14-8-9-15(19)10-13(14)2;/h8-10,16-17H,4-7,11-12H2,1-3H3,(H2,20,21,22);1H. The van der Waals surface area contributed by atoms with Crippen molar-refractivity contribution in [1.29, 1.82) is 0 Å². The van der Waals surface area contributed by atoms with E-state index in [4.69, 9.17) is 0 Å². The first kappa shape index (κ1) is 22.9. The molecule has 142 valence electrons. The third-order valence-electron chi connectivity index (χ3n) is 4.60. The molecular weight excluding hydrogens is 513 g/mol. The normalized spacial score (nSPS) is 22.0. The van der Waals surface area contributed by atoms with Crippen LogP contribution in [0.15, 0.2) is 27.7 Å². The first-order chi connectivity index (χ1) is 11.5. The zero-order valence-corrected chi connectivity index (χ0v) is 19.9. The maximum Gasteiger partial charge on any atom is 0.191 e. The minimum Gasteiger partial charge on any atom is -0.354 e. The molecule has 0 bridgehead atoms. The van der Waals surface area contributed by atoms with E-state index < -0.39 is 10.8 Å². The van der Waals surface area contributed by atoms with Crippen LogP contribution in [0.3, 0.4) is 0 Å². The summed E-state index contributed by atoms with van der Waals surface area (Å²) in [6.45, 7) is 4.87. The van der Waals surface area contributed by atoms with Gasteiger partial charge in [0.05, 0.1) is 0 Å². The molecule has 25 heavy (non-hydrogen) atoms. The van der Waals surface area contributed by atoms with E-state index in [0.29, 0.717) is 11.3 Å². The highest BCUT2D eigenvalue weighted by atomic mass is 127. The number of nitrogens with zero attached hydrogens (tertiary/aromatic N) is 1. The molecule has 3 atom stereocenters. The van der Waals surface area contributed by atoms with Gasteiger partial charge in [-0.15, -0.1) is 24.0 Å². The highest BCUT2D eigenvalue weighted by Gasteiger charge is 2.25. The largest absolute Gasteiger partial charge is 0.354 e. The van der Waals surface area contributed by atoms with Crippen molar-refractivity contribution in [2.24, 2.45) is 4.99 Å². The molecule has 2 rings (SSSR count). The first-order valence-electron chi connectivity index (χ1n) is 8.62. The van der Waals surface area contributed by atoms with E-state index in [1.165, 1.54) is 11.1 Å². The van der Waals surface area contributed by atoms with Gasteiger partial charge in [-0.2, -0.15) is 0 Å². The van der Waals surface area contributed by atoms with Crippen molar-refractivity contribution < 1.29 is 4.21 Å². The molecule has 0 radical (unpaired) electrons. The summed E-state index contributed by atoms with van der Waals surface area (Å²) in [6, 6.07) is 6.67. The molecule has 7 heteroatoms. The monoisotopic (exact) mass is 541 g/mol. The summed E-state index contributed by atoms with van der Waals surface area (Å²) in [5, 5.41) is 7.24. The first-order valence-corrected chi connectivity index (χ1v) is 10.8. The molecule has 3 unspecified atom stereocenters. The molecule has 0 amide bonds. The second-order valence-electron chi connectivity index (χ2n) is 6.30. The second kappa shape index (κ2) is 11.5. The Morgan fingerprint density at radius 3 is 2.80 bits per heavy atom. The predicted molar refractivity (Wildman–Crippen MR) is 122 cm³/mol. The Hall–Kier alpha value is -0.150. The fraction of sp³-hybridized carbons (Fsp3) is 0.611. The highest BCUT2D eigenvalue weighted by molar-refractivity contribution is 14.0. The van der Waals surface area contributed by atoms with Gasteiger partial charge >= 0.3 is 0 Å². The van der Waals surface area contributed by atoms with Gasteiger partial charge in [0.25, 0.3) is 0 Å². The Morgan fingerprint density at radius 1 is 1.40 bits per heavy atom. The molecule has 0 spiro atoms. The van der Waals surface area contributed by atoms with Crippen LogP contribution in [0.1, 0.15) is 43.7 Å². The molecule has 0 aliphatic heterocycles. The fourth-order valence-electron chi connectivity index (χ4n) is 3.18. The Kier molecular flexibility index (Phi) is 10.6. The summed E-state index contributed by atoms with van der Waals surface area (Å²) < 4.78 is 13.2. The average molecular weight is 542 g/mol. The minimum atomic E-state index is -0.694. The van der Waals surface area contributed by atoms with Gasteiger partial charge in [-0.25, -0.2) is 0 Å². The van der Waals surface area contributed by atoms with Crippen LogP contribution in [0.4, 0.5) is 0 Å². The van der Waals surface area contributed by atoms with E-state index in [-0.39, 0.29) is 24.0 Å². The van der Waals surface area contributed by atoms with Crippen LogP contribution in [0.25, 0.3) is 0 Å². The van der Waals surface area contributed by atoms with Gasteiger partial charge < -0.3 is 10.6 Å². The van der Waals surface area contributed by atoms with E-state index in [9.17, 15) is 4.21 Å². The van der Waals surface area contributed by atoms with Gasteiger partial charge in [-0.3, -0.25) is 9.20 Å². The number of aryl methyl sites for hydroxylation is 1. The van der Waals surface area contributed by atoms with Gasteiger partial charge in [0, 0.05) is 45.9 Å². The molecule has 0 aromatic heterocycles. The predicted octanol–water partition coefficient (Wildman–Crippen LogP) is 4.12. The number of nitrogens with one attached hydrogen (secondary N) is 2. The molecule has 1 aromatic rings.